The minimum Gasteiger partial charge on any atom is -0.355 e. The zero-order valence-corrected chi connectivity index (χ0v) is 12.1. The quantitative estimate of drug-likeness (QED) is 0.892. The molecule has 0 fully saturated rings. The van der Waals surface area contributed by atoms with Crippen LogP contribution in [0.3, 0.4) is 0 Å². The number of hydrogen-bond acceptors (Lipinski definition) is 4. The van der Waals surface area contributed by atoms with Crippen LogP contribution in [0.2, 0.25) is 0 Å². The molecule has 0 bridgehead atoms. The first-order chi connectivity index (χ1) is 9.85. The van der Waals surface area contributed by atoms with Crippen LogP contribution >= 0.6 is 0 Å². The van der Waals surface area contributed by atoms with Gasteiger partial charge in [0.15, 0.2) is 5.82 Å². The number of hydrogen-bond donors (Lipinski definition) is 2. The van der Waals surface area contributed by atoms with Gasteiger partial charge < -0.3 is 10.6 Å². The van der Waals surface area contributed by atoms with Gasteiger partial charge in [-0.25, -0.2) is 0 Å². The molecule has 5 heteroatoms. The number of fused-ring (bicyclic) bond motifs is 1. The molecule has 2 N–H and O–H groups in total. The highest BCUT2D eigenvalue weighted by Gasteiger charge is 2.26. The van der Waals surface area contributed by atoms with E-state index in [0.29, 0.717) is 0 Å². The van der Waals surface area contributed by atoms with Crippen molar-refractivity contribution >= 4 is 5.95 Å². The van der Waals surface area contributed by atoms with Crippen LogP contribution in [0, 0.1) is 0 Å². The highest BCUT2D eigenvalue weighted by atomic mass is 15.4. The molecule has 1 aliphatic rings. The van der Waals surface area contributed by atoms with Gasteiger partial charge in [0.25, 0.3) is 0 Å². The van der Waals surface area contributed by atoms with Gasteiger partial charge in [0, 0.05) is 19.6 Å². The van der Waals surface area contributed by atoms with E-state index in [9.17, 15) is 0 Å². The van der Waals surface area contributed by atoms with E-state index in [1.54, 1.807) is 0 Å². The standard InChI is InChI=1S/C15H21N5/c1-3-16-15-19-18-14(20(15)4-2)13-12-8-6-5-7-11(12)9-10-17-13/h5-8,13,17H,3-4,9-10H2,1-2H3,(H,16,19). The van der Waals surface area contributed by atoms with Gasteiger partial charge in [-0.2, -0.15) is 0 Å². The normalized spacial score (nSPS) is 17.8. The van der Waals surface area contributed by atoms with Gasteiger partial charge in [0.2, 0.25) is 5.95 Å². The molecule has 0 radical (unpaired) electrons. The Bertz CT molecular complexity index is 590. The summed E-state index contributed by atoms with van der Waals surface area (Å²) in [6, 6.07) is 8.74. The predicted octanol–water partition coefficient (Wildman–Crippen LogP) is 1.96. The van der Waals surface area contributed by atoms with E-state index < -0.39 is 0 Å². The molecule has 106 valence electrons. The molecule has 1 unspecified atom stereocenters. The molecular formula is C15H21N5. The Morgan fingerprint density at radius 1 is 1.30 bits per heavy atom. The lowest BCUT2D eigenvalue weighted by Crippen LogP contribution is -2.32. The molecule has 0 aliphatic carbocycles. The Hall–Kier alpha value is -1.88. The number of aromatic nitrogens is 3. The summed E-state index contributed by atoms with van der Waals surface area (Å²) in [5.41, 5.74) is 2.73. The van der Waals surface area contributed by atoms with Gasteiger partial charge in [0.05, 0.1) is 6.04 Å². The molecule has 1 aromatic heterocycles. The average molecular weight is 271 g/mol. The van der Waals surface area contributed by atoms with Crippen LogP contribution in [0.25, 0.3) is 0 Å². The highest BCUT2D eigenvalue weighted by molar-refractivity contribution is 5.38. The zero-order chi connectivity index (χ0) is 13.9. The molecule has 2 aromatic rings. The molecule has 1 aromatic carbocycles. The molecule has 1 aliphatic heterocycles. The summed E-state index contributed by atoms with van der Waals surface area (Å²) in [7, 11) is 0. The largest absolute Gasteiger partial charge is 0.355 e. The van der Waals surface area contributed by atoms with Crippen LogP contribution in [-0.4, -0.2) is 27.9 Å². The second-order valence-electron chi connectivity index (χ2n) is 4.99. The number of rotatable bonds is 4. The Labute approximate surface area is 119 Å². The number of nitrogens with one attached hydrogen (secondary N) is 2. The SMILES string of the molecule is CCNc1nnc(C2NCCc3ccccc32)n1CC. The van der Waals surface area contributed by atoms with Gasteiger partial charge in [-0.3, -0.25) is 4.57 Å². The van der Waals surface area contributed by atoms with Gasteiger partial charge in [-0.05, 0) is 31.4 Å². The summed E-state index contributed by atoms with van der Waals surface area (Å²) >= 11 is 0. The zero-order valence-electron chi connectivity index (χ0n) is 12.1. The second kappa shape index (κ2) is 5.63. The van der Waals surface area contributed by atoms with Crippen molar-refractivity contribution in [2.75, 3.05) is 18.4 Å². The first kappa shape index (κ1) is 13.1. The second-order valence-corrected chi connectivity index (χ2v) is 4.99. The van der Waals surface area contributed by atoms with Crippen LogP contribution < -0.4 is 10.6 Å². The van der Waals surface area contributed by atoms with E-state index in [2.05, 4.69) is 63.5 Å². The molecule has 3 rings (SSSR count). The maximum atomic E-state index is 4.42. The summed E-state index contributed by atoms with van der Waals surface area (Å²) in [5, 5.41) is 15.5. The van der Waals surface area contributed by atoms with E-state index in [-0.39, 0.29) is 6.04 Å². The molecule has 5 nitrogen and oxygen atoms in total. The summed E-state index contributed by atoms with van der Waals surface area (Å²) in [5.74, 6) is 1.85. The molecule has 0 saturated carbocycles. The van der Waals surface area contributed by atoms with Crippen LogP contribution in [0.1, 0.15) is 36.8 Å². The summed E-state index contributed by atoms with van der Waals surface area (Å²) in [6.07, 6.45) is 1.08. The smallest absolute Gasteiger partial charge is 0.224 e. The maximum Gasteiger partial charge on any atom is 0.224 e. The van der Waals surface area contributed by atoms with Gasteiger partial charge in [-0.15, -0.1) is 10.2 Å². The van der Waals surface area contributed by atoms with Crippen molar-refractivity contribution in [1.82, 2.24) is 20.1 Å². The third kappa shape index (κ3) is 2.18. The molecule has 0 amide bonds. The van der Waals surface area contributed by atoms with Crippen molar-refractivity contribution < 1.29 is 0 Å². The fourth-order valence-corrected chi connectivity index (χ4v) is 2.86. The fraction of sp³-hybridized carbons (Fsp3) is 0.467. The highest BCUT2D eigenvalue weighted by Crippen LogP contribution is 2.28. The Kier molecular flexibility index (Phi) is 3.69. The van der Waals surface area contributed by atoms with Gasteiger partial charge in [0.1, 0.15) is 0 Å². The minimum atomic E-state index is 0.139. The Morgan fingerprint density at radius 3 is 2.95 bits per heavy atom. The van der Waals surface area contributed by atoms with Crippen molar-refractivity contribution in [3.8, 4) is 0 Å². The van der Waals surface area contributed by atoms with E-state index in [1.165, 1.54) is 11.1 Å². The topological polar surface area (TPSA) is 54.8 Å². The van der Waals surface area contributed by atoms with Crippen molar-refractivity contribution in [2.24, 2.45) is 0 Å². The van der Waals surface area contributed by atoms with Crippen molar-refractivity contribution in [1.29, 1.82) is 0 Å². The van der Waals surface area contributed by atoms with E-state index in [0.717, 1.165) is 37.8 Å². The monoisotopic (exact) mass is 271 g/mol. The van der Waals surface area contributed by atoms with Crippen LogP contribution in [-0.2, 0) is 13.0 Å². The molecule has 0 saturated heterocycles. The minimum absolute atomic E-state index is 0.139. The summed E-state index contributed by atoms with van der Waals surface area (Å²) < 4.78 is 2.16. The van der Waals surface area contributed by atoms with E-state index in [4.69, 9.17) is 0 Å². The predicted molar refractivity (Wildman–Crippen MR) is 79.9 cm³/mol. The summed E-state index contributed by atoms with van der Waals surface area (Å²) in [6.45, 7) is 6.90. The van der Waals surface area contributed by atoms with Crippen molar-refractivity contribution in [2.45, 2.75) is 32.9 Å². The molecular weight excluding hydrogens is 250 g/mol. The van der Waals surface area contributed by atoms with Gasteiger partial charge in [-0.1, -0.05) is 24.3 Å². The summed E-state index contributed by atoms with van der Waals surface area (Å²) in [4.78, 5) is 0. The molecule has 2 heterocycles. The Balaban J connectivity index is 2.02. The lowest BCUT2D eigenvalue weighted by atomic mass is 9.94. The van der Waals surface area contributed by atoms with Crippen LogP contribution in [0.15, 0.2) is 24.3 Å². The molecule has 1 atom stereocenters. The molecule has 20 heavy (non-hydrogen) atoms. The van der Waals surface area contributed by atoms with E-state index in [1.807, 2.05) is 0 Å². The van der Waals surface area contributed by atoms with Gasteiger partial charge >= 0.3 is 0 Å². The lowest BCUT2D eigenvalue weighted by molar-refractivity contribution is 0.518. The third-order valence-electron chi connectivity index (χ3n) is 3.80. The number of anilines is 1. The fourth-order valence-electron chi connectivity index (χ4n) is 2.86. The first-order valence-corrected chi connectivity index (χ1v) is 7.33. The lowest BCUT2D eigenvalue weighted by Gasteiger charge is -2.26. The number of nitrogens with zero attached hydrogens (tertiary/aromatic N) is 3. The molecule has 0 spiro atoms. The third-order valence-corrected chi connectivity index (χ3v) is 3.80. The first-order valence-electron chi connectivity index (χ1n) is 7.33. The average Bonchev–Trinajstić information content (AvgIpc) is 2.89. The van der Waals surface area contributed by atoms with Crippen LogP contribution in [0.4, 0.5) is 5.95 Å². The maximum absolute atomic E-state index is 4.42. The van der Waals surface area contributed by atoms with Crippen LogP contribution in [0.5, 0.6) is 0 Å². The number of benzene rings is 1. The van der Waals surface area contributed by atoms with E-state index >= 15 is 0 Å². The van der Waals surface area contributed by atoms with Crippen molar-refractivity contribution in [3.63, 3.8) is 0 Å². The Morgan fingerprint density at radius 2 is 2.15 bits per heavy atom. The van der Waals surface area contributed by atoms with Crippen molar-refractivity contribution in [3.05, 3.63) is 41.2 Å².